The SMILES string of the molecule is Cc1cccc(OC[C@H](COCc2ccccc2)NC(=O)OC(C)(C)C)c1. The Morgan fingerprint density at radius 2 is 1.78 bits per heavy atom. The van der Waals surface area contributed by atoms with Crippen LogP contribution in [-0.2, 0) is 16.1 Å². The fourth-order valence-electron chi connectivity index (χ4n) is 2.40. The molecule has 2 aromatic carbocycles. The molecule has 0 bridgehead atoms. The highest BCUT2D eigenvalue weighted by molar-refractivity contribution is 5.68. The van der Waals surface area contributed by atoms with Gasteiger partial charge in [0.15, 0.2) is 0 Å². The van der Waals surface area contributed by atoms with E-state index in [9.17, 15) is 4.79 Å². The van der Waals surface area contributed by atoms with E-state index < -0.39 is 11.7 Å². The Bertz CT molecular complexity index is 710. The molecule has 0 fully saturated rings. The van der Waals surface area contributed by atoms with Gasteiger partial charge >= 0.3 is 6.09 Å². The highest BCUT2D eigenvalue weighted by atomic mass is 16.6. The van der Waals surface area contributed by atoms with E-state index in [0.29, 0.717) is 13.2 Å². The largest absolute Gasteiger partial charge is 0.491 e. The van der Waals surface area contributed by atoms with E-state index in [1.165, 1.54) is 0 Å². The van der Waals surface area contributed by atoms with Crippen LogP contribution < -0.4 is 10.1 Å². The van der Waals surface area contributed by atoms with Crippen LogP contribution in [0.2, 0.25) is 0 Å². The monoisotopic (exact) mass is 371 g/mol. The van der Waals surface area contributed by atoms with Crippen molar-refractivity contribution in [1.29, 1.82) is 0 Å². The molecule has 0 heterocycles. The average molecular weight is 371 g/mol. The molecule has 0 aliphatic carbocycles. The maximum absolute atomic E-state index is 12.1. The number of nitrogens with one attached hydrogen (secondary N) is 1. The Labute approximate surface area is 161 Å². The van der Waals surface area contributed by atoms with E-state index in [2.05, 4.69) is 5.32 Å². The first kappa shape index (κ1) is 20.8. The molecule has 0 spiro atoms. The number of ether oxygens (including phenoxy) is 3. The third kappa shape index (κ3) is 8.60. The number of alkyl carbamates (subject to hydrolysis) is 1. The van der Waals surface area contributed by atoms with Gasteiger partial charge < -0.3 is 19.5 Å². The van der Waals surface area contributed by atoms with E-state index in [4.69, 9.17) is 14.2 Å². The lowest BCUT2D eigenvalue weighted by Crippen LogP contribution is -2.44. The standard InChI is InChI=1S/C22H29NO4/c1-17-9-8-12-20(13-17)26-16-19(23-21(24)27-22(2,3)4)15-25-14-18-10-6-5-7-11-18/h5-13,19H,14-16H2,1-4H3,(H,23,24)/t19-/m0/s1. The number of amides is 1. The summed E-state index contributed by atoms with van der Waals surface area (Å²) in [5, 5.41) is 2.83. The maximum Gasteiger partial charge on any atom is 0.408 e. The zero-order valence-corrected chi connectivity index (χ0v) is 16.5. The zero-order chi connectivity index (χ0) is 19.7. The Hall–Kier alpha value is -2.53. The maximum atomic E-state index is 12.1. The van der Waals surface area contributed by atoms with Gasteiger partial charge in [-0.15, -0.1) is 0 Å². The summed E-state index contributed by atoms with van der Waals surface area (Å²) in [6, 6.07) is 17.4. The average Bonchev–Trinajstić information content (AvgIpc) is 2.59. The van der Waals surface area contributed by atoms with Gasteiger partial charge in [-0.2, -0.15) is 0 Å². The minimum atomic E-state index is -0.559. The summed E-state index contributed by atoms with van der Waals surface area (Å²) in [5.41, 5.74) is 1.63. The molecule has 0 unspecified atom stereocenters. The molecule has 1 atom stereocenters. The van der Waals surface area contributed by atoms with E-state index in [1.54, 1.807) is 0 Å². The van der Waals surface area contributed by atoms with Crippen molar-refractivity contribution in [3.05, 3.63) is 65.7 Å². The molecule has 2 rings (SSSR count). The Kier molecular flexibility index (Phi) is 7.67. The second kappa shape index (κ2) is 9.97. The van der Waals surface area contributed by atoms with Crippen LogP contribution >= 0.6 is 0 Å². The third-order valence-electron chi connectivity index (χ3n) is 3.59. The van der Waals surface area contributed by atoms with E-state index in [-0.39, 0.29) is 12.6 Å². The molecule has 5 heteroatoms. The number of hydrogen-bond acceptors (Lipinski definition) is 4. The van der Waals surface area contributed by atoms with Gasteiger partial charge in [-0.25, -0.2) is 4.79 Å². The van der Waals surface area contributed by atoms with Gasteiger partial charge in [-0.05, 0) is 51.0 Å². The summed E-state index contributed by atoms with van der Waals surface area (Å²) in [7, 11) is 0. The fourth-order valence-corrected chi connectivity index (χ4v) is 2.40. The van der Waals surface area contributed by atoms with Crippen molar-refractivity contribution in [1.82, 2.24) is 5.32 Å². The predicted octanol–water partition coefficient (Wildman–Crippen LogP) is 4.48. The molecule has 1 N–H and O–H groups in total. The highest BCUT2D eigenvalue weighted by Crippen LogP contribution is 2.13. The molecule has 0 radical (unpaired) electrons. The number of benzene rings is 2. The van der Waals surface area contributed by atoms with Gasteiger partial charge in [0.1, 0.15) is 18.0 Å². The number of rotatable bonds is 8. The molecule has 0 saturated carbocycles. The smallest absolute Gasteiger partial charge is 0.408 e. The summed E-state index contributed by atoms with van der Waals surface area (Å²) >= 11 is 0. The molecule has 0 aromatic heterocycles. The van der Waals surface area contributed by atoms with Crippen molar-refractivity contribution in [2.24, 2.45) is 0 Å². The summed E-state index contributed by atoms with van der Waals surface area (Å²) in [5.74, 6) is 0.758. The highest BCUT2D eigenvalue weighted by Gasteiger charge is 2.20. The van der Waals surface area contributed by atoms with Crippen LogP contribution in [0.1, 0.15) is 31.9 Å². The van der Waals surface area contributed by atoms with Crippen LogP contribution in [0.5, 0.6) is 5.75 Å². The predicted molar refractivity (Wildman–Crippen MR) is 106 cm³/mol. The van der Waals surface area contributed by atoms with Crippen LogP contribution in [0.4, 0.5) is 4.79 Å². The van der Waals surface area contributed by atoms with E-state index in [0.717, 1.165) is 16.9 Å². The Morgan fingerprint density at radius 3 is 2.44 bits per heavy atom. The van der Waals surface area contributed by atoms with Gasteiger partial charge in [0.2, 0.25) is 0 Å². The summed E-state index contributed by atoms with van der Waals surface area (Å²) in [6.45, 7) is 8.58. The van der Waals surface area contributed by atoms with Crippen LogP contribution in [-0.4, -0.2) is 30.9 Å². The molecule has 27 heavy (non-hydrogen) atoms. The van der Waals surface area contributed by atoms with E-state index >= 15 is 0 Å². The molecule has 5 nitrogen and oxygen atoms in total. The minimum absolute atomic E-state index is 0.289. The van der Waals surface area contributed by atoms with Crippen molar-refractivity contribution < 1.29 is 19.0 Å². The molecule has 1 amide bonds. The number of carbonyl (C=O) groups excluding carboxylic acids is 1. The topological polar surface area (TPSA) is 56.8 Å². The second-order valence-corrected chi connectivity index (χ2v) is 7.47. The first-order chi connectivity index (χ1) is 12.8. The molecule has 146 valence electrons. The van der Waals surface area contributed by atoms with Gasteiger partial charge in [-0.1, -0.05) is 42.5 Å². The van der Waals surface area contributed by atoms with Crippen LogP contribution in [0, 0.1) is 6.92 Å². The van der Waals surface area contributed by atoms with Gasteiger partial charge in [0, 0.05) is 0 Å². The van der Waals surface area contributed by atoms with Crippen LogP contribution in [0.3, 0.4) is 0 Å². The second-order valence-electron chi connectivity index (χ2n) is 7.47. The lowest BCUT2D eigenvalue weighted by atomic mass is 10.2. The third-order valence-corrected chi connectivity index (χ3v) is 3.59. The normalized spacial score (nSPS) is 12.3. The lowest BCUT2D eigenvalue weighted by molar-refractivity contribution is 0.0381. The Morgan fingerprint density at radius 1 is 1.04 bits per heavy atom. The first-order valence-corrected chi connectivity index (χ1v) is 9.12. The summed E-state index contributed by atoms with van der Waals surface area (Å²) in [4.78, 5) is 12.1. The van der Waals surface area contributed by atoms with Crippen molar-refractivity contribution in [3.63, 3.8) is 0 Å². The van der Waals surface area contributed by atoms with Crippen molar-refractivity contribution >= 4 is 6.09 Å². The molecular weight excluding hydrogens is 342 g/mol. The van der Waals surface area contributed by atoms with Gasteiger partial charge in [0.05, 0.1) is 19.3 Å². The number of hydrogen-bond donors (Lipinski definition) is 1. The molecule has 0 aliphatic rings. The molecular formula is C22H29NO4. The number of aryl methyl sites for hydroxylation is 1. The summed E-state index contributed by atoms with van der Waals surface area (Å²) < 4.78 is 16.9. The van der Waals surface area contributed by atoms with Crippen molar-refractivity contribution in [2.45, 2.75) is 45.9 Å². The first-order valence-electron chi connectivity index (χ1n) is 9.12. The van der Waals surface area contributed by atoms with Crippen molar-refractivity contribution in [2.75, 3.05) is 13.2 Å². The van der Waals surface area contributed by atoms with Crippen LogP contribution in [0.25, 0.3) is 0 Å². The van der Waals surface area contributed by atoms with Crippen LogP contribution in [0.15, 0.2) is 54.6 Å². The Balaban J connectivity index is 1.91. The fraction of sp³-hybridized carbons (Fsp3) is 0.409. The minimum Gasteiger partial charge on any atom is -0.491 e. The summed E-state index contributed by atoms with van der Waals surface area (Å²) in [6.07, 6.45) is -0.483. The van der Waals surface area contributed by atoms with E-state index in [1.807, 2.05) is 82.3 Å². The molecule has 0 saturated heterocycles. The molecule has 2 aromatic rings. The van der Waals surface area contributed by atoms with Gasteiger partial charge in [0.25, 0.3) is 0 Å². The lowest BCUT2D eigenvalue weighted by Gasteiger charge is -2.24. The van der Waals surface area contributed by atoms with Gasteiger partial charge in [-0.3, -0.25) is 0 Å². The van der Waals surface area contributed by atoms with Crippen molar-refractivity contribution in [3.8, 4) is 5.75 Å². The zero-order valence-electron chi connectivity index (χ0n) is 16.5. The number of carbonyl (C=O) groups is 1. The molecule has 0 aliphatic heterocycles. The quantitative estimate of drug-likeness (QED) is 0.743.